The van der Waals surface area contributed by atoms with Gasteiger partial charge in [-0.3, -0.25) is 0 Å². The van der Waals surface area contributed by atoms with E-state index in [0.717, 1.165) is 89.8 Å². The van der Waals surface area contributed by atoms with Crippen LogP contribution in [-0.4, -0.2) is 29.9 Å². The predicted octanol–water partition coefficient (Wildman–Crippen LogP) is 40.6. The van der Waals surface area contributed by atoms with Gasteiger partial charge in [-0.2, -0.15) is 0 Å². The van der Waals surface area contributed by atoms with E-state index in [2.05, 4.69) is 437 Å². The Bertz CT molecular complexity index is 10200. The van der Waals surface area contributed by atoms with Crippen LogP contribution in [0.5, 0.6) is 0 Å². The van der Waals surface area contributed by atoms with Gasteiger partial charge in [0.15, 0.2) is 17.5 Å². The van der Waals surface area contributed by atoms with E-state index in [1.54, 1.807) is 0 Å². The normalized spacial score (nSPS) is 11.6. The molecule has 0 spiro atoms. The average Bonchev–Trinajstić information content (AvgIpc) is 1.37. The van der Waals surface area contributed by atoms with Crippen LogP contribution in [0.15, 0.2) is 510 Å². The quantitative estimate of drug-likeness (QED) is 0.102. The van der Waals surface area contributed by atoms with Gasteiger partial charge in [-0.1, -0.05) is 370 Å². The molecule has 702 valence electrons. The minimum absolute atomic E-state index is 0.712. The van der Waals surface area contributed by atoms with Crippen molar-refractivity contribution in [2.24, 2.45) is 0 Å². The number of nitrogens with zero attached hydrogens (tertiary/aromatic N) is 6. The lowest BCUT2D eigenvalue weighted by molar-refractivity contribution is 1.18. The number of rotatable bonds is 15. The third-order valence-electron chi connectivity index (χ3n) is 28.6. The van der Waals surface area contributed by atoms with Crippen LogP contribution in [0.25, 0.3) is 290 Å². The molecule has 9 aromatic heterocycles. The summed E-state index contributed by atoms with van der Waals surface area (Å²) >= 11 is 11.1. The molecule has 150 heavy (non-hydrogen) atoms. The highest BCUT2D eigenvalue weighted by Crippen LogP contribution is 2.51. The smallest absolute Gasteiger partial charge is 0.160 e. The van der Waals surface area contributed by atoms with Crippen molar-refractivity contribution in [3.63, 3.8) is 0 Å². The first-order valence-electron chi connectivity index (χ1n) is 50.2. The van der Waals surface area contributed by atoms with E-state index in [-0.39, 0.29) is 0 Å². The molecular weight excluding hydrogens is 1930 g/mol. The molecule has 6 nitrogen and oxygen atoms in total. The molecular formula is C138H84N6S6. The lowest BCUT2D eigenvalue weighted by atomic mass is 9.88. The van der Waals surface area contributed by atoms with Crippen LogP contribution in [0.3, 0.4) is 0 Å². The van der Waals surface area contributed by atoms with E-state index in [1.807, 2.05) is 141 Å². The monoisotopic (exact) mass is 2020 g/mol. The zero-order valence-corrected chi connectivity index (χ0v) is 85.5. The Morgan fingerprint density at radius 3 is 0.687 bits per heavy atom. The fourth-order valence-electron chi connectivity index (χ4n) is 21.2. The Morgan fingerprint density at radius 1 is 0.107 bits per heavy atom. The number of hydrogen-bond donors (Lipinski definition) is 0. The van der Waals surface area contributed by atoms with Gasteiger partial charge in [0.1, 0.15) is 0 Å². The molecule has 30 rings (SSSR count). The van der Waals surface area contributed by atoms with Crippen molar-refractivity contribution in [3.8, 4) is 168 Å². The molecule has 0 amide bonds. The van der Waals surface area contributed by atoms with Crippen molar-refractivity contribution in [1.82, 2.24) is 29.9 Å². The average molecular weight is 2020 g/mol. The molecule has 0 N–H and O–H groups in total. The van der Waals surface area contributed by atoms with Gasteiger partial charge < -0.3 is 0 Å². The molecule has 0 saturated carbocycles. The van der Waals surface area contributed by atoms with Gasteiger partial charge in [-0.05, 0) is 206 Å². The maximum Gasteiger partial charge on any atom is 0.160 e. The van der Waals surface area contributed by atoms with Crippen LogP contribution in [-0.2, 0) is 0 Å². The van der Waals surface area contributed by atoms with E-state index in [1.165, 1.54) is 182 Å². The summed E-state index contributed by atoms with van der Waals surface area (Å²) in [5, 5.41) is 15.5. The molecule has 0 radical (unpaired) electrons. The summed E-state index contributed by atoms with van der Waals surface area (Å²) in [6.07, 6.45) is 0. The summed E-state index contributed by atoms with van der Waals surface area (Å²) in [5.74, 6) is 2.14. The van der Waals surface area contributed by atoms with Gasteiger partial charge in [-0.15, -0.1) is 68.0 Å². The lowest BCUT2D eigenvalue weighted by Crippen LogP contribution is -1.98. The summed E-state index contributed by atoms with van der Waals surface area (Å²) in [7, 11) is 0. The summed E-state index contributed by atoms with van der Waals surface area (Å²) in [6, 6.07) is 183. The molecule has 12 heteroatoms. The second-order valence-electron chi connectivity index (χ2n) is 37.7. The minimum atomic E-state index is 0.712. The summed E-state index contributed by atoms with van der Waals surface area (Å²) in [5.41, 5.74) is 28.9. The second-order valence-corrected chi connectivity index (χ2v) is 44.2. The van der Waals surface area contributed by atoms with Gasteiger partial charge in [-0.25, -0.2) is 29.9 Å². The largest absolute Gasteiger partial charge is 0.228 e. The standard InChI is InChI=1S/3C46H28N2S2/c1-3-12-29(13-4-1)39-28-40(48-46(47-39)30-14-5-2-6-15-30)36-19-11-18-33(31-22-24-43-37(26-31)34-16-7-9-20-41(34)49-43)45(36)32-23-25-44-38(27-32)35-17-8-10-21-42(35)50-44;1-3-11-29(12-4-1)40-28-41(48-46(47-40)30-13-5-2-6-14-30)33-19-22-34(31-20-23-44-38(25-31)35-15-7-9-17-42(35)49-44)37(27-33)32-21-24-45-39(26-32)36-16-8-10-18-43(36)50-45;1-3-11-29(12-4-1)40-28-41(48-46(47-40)30-13-5-2-6-14-30)34-22-19-31(32-20-23-44-38(26-32)35-15-7-9-17-42(35)49-44)25-37(34)33-21-24-45-39(27-33)36-16-8-10-18-43(36)50-45/h3*1-28H. The Balaban J connectivity index is 0.000000108. The molecule has 0 aliphatic heterocycles. The van der Waals surface area contributed by atoms with E-state index in [4.69, 9.17) is 29.9 Å². The third-order valence-corrected chi connectivity index (χ3v) is 35.5. The highest BCUT2D eigenvalue weighted by molar-refractivity contribution is 7.28. The van der Waals surface area contributed by atoms with Crippen molar-refractivity contribution in [2.45, 2.75) is 0 Å². The first-order chi connectivity index (χ1) is 74.3. The minimum Gasteiger partial charge on any atom is -0.228 e. The summed E-state index contributed by atoms with van der Waals surface area (Å²) in [6.45, 7) is 0. The molecule has 0 aliphatic carbocycles. The molecule has 0 aliphatic rings. The third kappa shape index (κ3) is 16.9. The number of thiophene rings is 6. The molecule has 0 bridgehead atoms. The van der Waals surface area contributed by atoms with Crippen LogP contribution in [0, 0.1) is 0 Å². The topological polar surface area (TPSA) is 77.3 Å². The molecule has 21 aromatic carbocycles. The number of fused-ring (bicyclic) bond motifs is 18. The molecule has 0 unspecified atom stereocenters. The Kier molecular flexibility index (Phi) is 23.1. The van der Waals surface area contributed by atoms with Gasteiger partial charge in [0, 0.05) is 171 Å². The SMILES string of the molecule is c1ccc(-c2cc(-c3ccc(-c4ccc5sc6ccccc6c5c4)c(-c4ccc5sc6ccccc6c5c4)c3)nc(-c3ccccc3)n2)cc1.c1ccc(-c2cc(-c3ccc(-c4ccc5sc6ccccc6c5c4)cc3-c3ccc4sc5ccccc5c4c3)nc(-c3ccccc3)n2)cc1.c1ccc(-c2cc(-c3cccc(-c4ccc5sc6ccccc6c5c4)c3-c3ccc4sc5ccccc5c4c3)nc(-c3ccccc3)n2)cc1. The summed E-state index contributed by atoms with van der Waals surface area (Å²) in [4.78, 5) is 30.9. The molecule has 0 atom stereocenters. The van der Waals surface area contributed by atoms with E-state index in [0.29, 0.717) is 17.5 Å². The first kappa shape index (κ1) is 89.8. The van der Waals surface area contributed by atoms with Crippen LogP contribution < -0.4 is 0 Å². The highest BCUT2D eigenvalue weighted by Gasteiger charge is 2.25. The fraction of sp³-hybridized carbons (Fsp3) is 0. The van der Waals surface area contributed by atoms with Crippen molar-refractivity contribution >= 4 is 189 Å². The van der Waals surface area contributed by atoms with Crippen LogP contribution >= 0.6 is 68.0 Å². The van der Waals surface area contributed by atoms with Crippen LogP contribution in [0.2, 0.25) is 0 Å². The zero-order valence-electron chi connectivity index (χ0n) is 80.6. The van der Waals surface area contributed by atoms with Crippen molar-refractivity contribution < 1.29 is 0 Å². The van der Waals surface area contributed by atoms with Crippen molar-refractivity contribution in [3.05, 3.63) is 510 Å². The molecule has 9 heterocycles. The predicted molar refractivity (Wildman–Crippen MR) is 645 cm³/mol. The maximum absolute atomic E-state index is 5.30. The molecule has 0 saturated heterocycles. The fourth-order valence-corrected chi connectivity index (χ4v) is 27.8. The second kappa shape index (κ2) is 38.5. The van der Waals surface area contributed by atoms with Crippen LogP contribution in [0.4, 0.5) is 0 Å². The zero-order chi connectivity index (χ0) is 99.1. The van der Waals surface area contributed by atoms with Crippen molar-refractivity contribution in [1.29, 1.82) is 0 Å². The van der Waals surface area contributed by atoms with Crippen LogP contribution in [0.1, 0.15) is 0 Å². The maximum atomic E-state index is 5.30. The molecule has 0 fully saturated rings. The van der Waals surface area contributed by atoms with Gasteiger partial charge in [0.2, 0.25) is 0 Å². The number of hydrogen-bond acceptors (Lipinski definition) is 12. The molecule has 30 aromatic rings. The Hall–Kier alpha value is -17.8. The number of aromatic nitrogens is 6. The highest BCUT2D eigenvalue weighted by atomic mass is 32.1. The van der Waals surface area contributed by atoms with Gasteiger partial charge >= 0.3 is 0 Å². The number of benzene rings is 21. The summed E-state index contributed by atoms with van der Waals surface area (Å²) < 4.78 is 15.7. The Morgan fingerprint density at radius 2 is 0.327 bits per heavy atom. The van der Waals surface area contributed by atoms with Crippen molar-refractivity contribution in [2.75, 3.05) is 0 Å². The van der Waals surface area contributed by atoms with Gasteiger partial charge in [0.05, 0.1) is 34.2 Å². The van der Waals surface area contributed by atoms with E-state index in [9.17, 15) is 0 Å². The lowest BCUT2D eigenvalue weighted by Gasteiger charge is -2.17. The Labute approximate surface area is 889 Å². The first-order valence-corrected chi connectivity index (χ1v) is 55.1. The van der Waals surface area contributed by atoms with Gasteiger partial charge in [0.25, 0.3) is 0 Å². The van der Waals surface area contributed by atoms with E-state index >= 15 is 0 Å². The van der Waals surface area contributed by atoms with E-state index < -0.39 is 0 Å².